The molecule has 30 heavy (non-hydrogen) atoms. The van der Waals surface area contributed by atoms with E-state index in [1.165, 1.54) is 0 Å². The topological polar surface area (TPSA) is 66.5 Å². The van der Waals surface area contributed by atoms with Gasteiger partial charge in [0.15, 0.2) is 0 Å². The number of carbonyl (C=O) groups excluding carboxylic acids is 1. The Labute approximate surface area is 182 Å². The summed E-state index contributed by atoms with van der Waals surface area (Å²) in [6, 6.07) is 23.5. The highest BCUT2D eigenvalue weighted by Gasteiger charge is 2.25. The van der Waals surface area contributed by atoms with Gasteiger partial charge in [-0.3, -0.25) is 9.10 Å². The average molecular weight is 443 g/mol. The average Bonchev–Trinajstić information content (AvgIpc) is 2.71. The molecule has 0 spiro atoms. The molecule has 5 nitrogen and oxygen atoms in total. The number of sulfonamides is 1. The molecule has 0 radical (unpaired) electrons. The van der Waals surface area contributed by atoms with E-state index in [0.29, 0.717) is 0 Å². The van der Waals surface area contributed by atoms with Crippen LogP contribution in [0.1, 0.15) is 22.7 Å². The summed E-state index contributed by atoms with van der Waals surface area (Å²) in [6.07, 6.45) is 1.06. The highest BCUT2D eigenvalue weighted by Crippen LogP contribution is 2.28. The molecule has 0 aromatic heterocycles. The number of aryl methyl sites for hydroxylation is 1. The maximum atomic E-state index is 13.0. The van der Waals surface area contributed by atoms with Crippen molar-refractivity contribution in [1.29, 1.82) is 0 Å². The minimum Gasteiger partial charge on any atom is -0.344 e. The molecular weight excluding hydrogens is 420 g/mol. The van der Waals surface area contributed by atoms with Crippen molar-refractivity contribution in [2.45, 2.75) is 13.0 Å². The third-order valence-corrected chi connectivity index (χ3v) is 6.19. The number of anilines is 1. The first-order valence-electron chi connectivity index (χ1n) is 9.39. The number of para-hydroxylation sites is 1. The molecule has 1 N–H and O–H groups in total. The van der Waals surface area contributed by atoms with Crippen LogP contribution >= 0.6 is 11.6 Å². The molecule has 0 aliphatic carbocycles. The Morgan fingerprint density at radius 3 is 2.20 bits per heavy atom. The Kier molecular flexibility index (Phi) is 6.80. The van der Waals surface area contributed by atoms with Gasteiger partial charge in [-0.25, -0.2) is 8.42 Å². The number of halogens is 1. The summed E-state index contributed by atoms with van der Waals surface area (Å²) >= 11 is 6.19. The van der Waals surface area contributed by atoms with E-state index in [9.17, 15) is 13.2 Å². The molecule has 0 aliphatic rings. The number of benzene rings is 3. The first-order valence-corrected chi connectivity index (χ1v) is 11.6. The second-order valence-electron chi connectivity index (χ2n) is 6.99. The third kappa shape index (κ3) is 5.20. The molecule has 3 aromatic carbocycles. The van der Waals surface area contributed by atoms with E-state index in [0.717, 1.165) is 27.3 Å². The van der Waals surface area contributed by atoms with Gasteiger partial charge in [-0.15, -0.1) is 0 Å². The van der Waals surface area contributed by atoms with E-state index in [4.69, 9.17) is 11.6 Å². The molecule has 1 amide bonds. The van der Waals surface area contributed by atoms with Crippen LogP contribution in [0.4, 0.5) is 5.69 Å². The molecule has 7 heteroatoms. The largest absolute Gasteiger partial charge is 0.344 e. The van der Waals surface area contributed by atoms with Gasteiger partial charge >= 0.3 is 0 Å². The highest BCUT2D eigenvalue weighted by molar-refractivity contribution is 7.92. The molecule has 0 saturated heterocycles. The van der Waals surface area contributed by atoms with E-state index in [1.54, 1.807) is 24.3 Å². The van der Waals surface area contributed by atoms with Crippen LogP contribution in [0.15, 0.2) is 78.9 Å². The summed E-state index contributed by atoms with van der Waals surface area (Å²) in [6.45, 7) is 1.60. The van der Waals surface area contributed by atoms with Crippen LogP contribution in [0.5, 0.6) is 0 Å². The standard InChI is InChI=1S/C23H23ClN2O3S/c1-17-10-6-7-13-19(17)23(18-11-4-3-5-12-18)25-22(27)16-26(30(2,28)29)21-15-9-8-14-20(21)24/h3-15,23H,16H2,1-2H3,(H,25,27). The van der Waals surface area contributed by atoms with Crippen LogP contribution in [0.2, 0.25) is 5.02 Å². The van der Waals surface area contributed by atoms with Crippen LogP contribution in [0, 0.1) is 6.92 Å². The summed E-state index contributed by atoms with van der Waals surface area (Å²) in [5.74, 6) is -0.433. The molecule has 1 unspecified atom stereocenters. The fourth-order valence-corrected chi connectivity index (χ4v) is 4.43. The van der Waals surface area contributed by atoms with Gasteiger partial charge in [-0.1, -0.05) is 78.3 Å². The fraction of sp³-hybridized carbons (Fsp3) is 0.174. The molecule has 0 bridgehead atoms. The third-order valence-electron chi connectivity index (χ3n) is 4.75. The number of nitrogens with zero attached hydrogens (tertiary/aromatic N) is 1. The molecule has 3 rings (SSSR count). The summed E-state index contributed by atoms with van der Waals surface area (Å²) < 4.78 is 25.8. The lowest BCUT2D eigenvalue weighted by Crippen LogP contribution is -2.42. The van der Waals surface area contributed by atoms with Crippen LogP contribution in [0.25, 0.3) is 0 Å². The number of carbonyl (C=O) groups is 1. The van der Waals surface area contributed by atoms with E-state index >= 15 is 0 Å². The van der Waals surface area contributed by atoms with Gasteiger partial charge in [-0.2, -0.15) is 0 Å². The summed E-state index contributed by atoms with van der Waals surface area (Å²) in [7, 11) is -3.72. The smallest absolute Gasteiger partial charge is 0.241 e. The number of nitrogens with one attached hydrogen (secondary N) is 1. The van der Waals surface area contributed by atoms with Crippen molar-refractivity contribution in [2.24, 2.45) is 0 Å². The Morgan fingerprint density at radius 1 is 0.967 bits per heavy atom. The van der Waals surface area contributed by atoms with Crippen molar-refractivity contribution in [3.8, 4) is 0 Å². The molecule has 0 fully saturated rings. The molecule has 0 aliphatic heterocycles. The summed E-state index contributed by atoms with van der Waals surface area (Å²) in [4.78, 5) is 13.0. The van der Waals surface area contributed by atoms with Crippen molar-refractivity contribution < 1.29 is 13.2 Å². The minimum absolute atomic E-state index is 0.259. The van der Waals surface area contributed by atoms with E-state index < -0.39 is 22.0 Å². The molecule has 0 heterocycles. The normalized spacial score (nSPS) is 12.2. The maximum absolute atomic E-state index is 13.0. The second-order valence-corrected chi connectivity index (χ2v) is 9.30. The van der Waals surface area contributed by atoms with Crippen LogP contribution < -0.4 is 9.62 Å². The van der Waals surface area contributed by atoms with Gasteiger partial charge < -0.3 is 5.32 Å². The van der Waals surface area contributed by atoms with Gasteiger partial charge in [-0.05, 0) is 35.7 Å². The van der Waals surface area contributed by atoms with Crippen LogP contribution in [-0.4, -0.2) is 27.1 Å². The van der Waals surface area contributed by atoms with Gasteiger partial charge in [0.2, 0.25) is 15.9 Å². The number of hydrogen-bond donors (Lipinski definition) is 1. The zero-order valence-corrected chi connectivity index (χ0v) is 18.3. The van der Waals surface area contributed by atoms with Crippen molar-refractivity contribution >= 4 is 33.2 Å². The Balaban J connectivity index is 1.92. The molecule has 0 saturated carbocycles. The van der Waals surface area contributed by atoms with Crippen LogP contribution in [0.3, 0.4) is 0 Å². The van der Waals surface area contributed by atoms with Gasteiger partial charge in [0.1, 0.15) is 6.54 Å². The van der Waals surface area contributed by atoms with Crippen molar-refractivity contribution in [1.82, 2.24) is 5.32 Å². The van der Waals surface area contributed by atoms with Crippen molar-refractivity contribution in [3.05, 3.63) is 101 Å². The van der Waals surface area contributed by atoms with Gasteiger partial charge in [0, 0.05) is 0 Å². The quantitative estimate of drug-likeness (QED) is 0.592. The Morgan fingerprint density at radius 2 is 1.57 bits per heavy atom. The number of amides is 1. The predicted molar refractivity (Wildman–Crippen MR) is 121 cm³/mol. The maximum Gasteiger partial charge on any atom is 0.241 e. The Bertz CT molecular complexity index is 1130. The number of hydrogen-bond acceptors (Lipinski definition) is 3. The van der Waals surface area contributed by atoms with E-state index in [1.807, 2.05) is 61.5 Å². The van der Waals surface area contributed by atoms with Gasteiger partial charge in [0.05, 0.1) is 23.0 Å². The highest BCUT2D eigenvalue weighted by atomic mass is 35.5. The number of rotatable bonds is 7. The minimum atomic E-state index is -3.72. The van der Waals surface area contributed by atoms with Crippen molar-refractivity contribution in [3.63, 3.8) is 0 Å². The second kappa shape index (κ2) is 9.32. The zero-order chi connectivity index (χ0) is 21.7. The monoisotopic (exact) mass is 442 g/mol. The lowest BCUT2D eigenvalue weighted by molar-refractivity contribution is -0.120. The van der Waals surface area contributed by atoms with E-state index in [2.05, 4.69) is 5.32 Å². The predicted octanol–water partition coefficient (Wildman–Crippen LogP) is 4.32. The lowest BCUT2D eigenvalue weighted by Gasteiger charge is -2.26. The summed E-state index contributed by atoms with van der Waals surface area (Å²) in [5, 5.41) is 3.25. The Hall–Kier alpha value is -2.83. The SMILES string of the molecule is Cc1ccccc1C(NC(=O)CN(c1ccccc1Cl)S(C)(=O)=O)c1ccccc1. The van der Waals surface area contributed by atoms with E-state index in [-0.39, 0.29) is 17.3 Å². The fourth-order valence-electron chi connectivity index (χ4n) is 3.27. The first kappa shape index (κ1) is 21.9. The molecule has 3 aromatic rings. The zero-order valence-electron chi connectivity index (χ0n) is 16.7. The van der Waals surface area contributed by atoms with Gasteiger partial charge in [0.25, 0.3) is 0 Å². The lowest BCUT2D eigenvalue weighted by atomic mass is 9.95. The molecular formula is C23H23ClN2O3S. The molecule has 1 atom stereocenters. The molecule has 156 valence electrons. The van der Waals surface area contributed by atoms with Crippen LogP contribution in [-0.2, 0) is 14.8 Å². The van der Waals surface area contributed by atoms with Crippen molar-refractivity contribution in [2.75, 3.05) is 17.1 Å². The first-order chi connectivity index (χ1) is 14.3. The summed E-state index contributed by atoms with van der Waals surface area (Å²) in [5.41, 5.74) is 3.14.